The van der Waals surface area contributed by atoms with Crippen molar-refractivity contribution in [2.75, 3.05) is 0 Å². The highest BCUT2D eigenvalue weighted by Crippen LogP contribution is 2.05. The summed E-state index contributed by atoms with van der Waals surface area (Å²) >= 11 is 0. The van der Waals surface area contributed by atoms with Crippen molar-refractivity contribution < 1.29 is 14.7 Å². The summed E-state index contributed by atoms with van der Waals surface area (Å²) in [5.74, 6) is -2.21. The lowest BCUT2D eigenvalue weighted by molar-refractivity contribution is -0.148. The van der Waals surface area contributed by atoms with Crippen LogP contribution in [0.3, 0.4) is 0 Å². The third kappa shape index (κ3) is 2.14. The highest BCUT2D eigenvalue weighted by atomic mass is 16.4. The lowest BCUT2D eigenvalue weighted by atomic mass is 10.1. The topological polar surface area (TPSA) is 72.2 Å². The molecular weight excluding hydrogens is 172 g/mol. The monoisotopic (exact) mass is 182 g/mol. The van der Waals surface area contributed by atoms with Gasteiger partial charge in [0.2, 0.25) is 5.78 Å². The van der Waals surface area contributed by atoms with Crippen LogP contribution in [0.2, 0.25) is 0 Å². The molecule has 0 spiro atoms. The molecule has 1 N–H and O–H groups in total. The van der Waals surface area contributed by atoms with Crippen LogP contribution in [0.5, 0.6) is 0 Å². The van der Waals surface area contributed by atoms with E-state index in [4.69, 9.17) is 5.11 Å². The first-order chi connectivity index (χ1) is 6.00. The number of ketones is 1. The molecule has 0 amide bonds. The van der Waals surface area contributed by atoms with Crippen molar-refractivity contribution in [1.82, 2.24) is 9.78 Å². The molecule has 1 aromatic heterocycles. The van der Waals surface area contributed by atoms with Crippen LogP contribution >= 0.6 is 0 Å². The molecular formula is C8H10N2O3. The van der Waals surface area contributed by atoms with Crippen LogP contribution in [0.1, 0.15) is 11.3 Å². The van der Waals surface area contributed by atoms with Gasteiger partial charge in [0.05, 0.1) is 5.69 Å². The molecule has 0 radical (unpaired) electrons. The van der Waals surface area contributed by atoms with Gasteiger partial charge in [-0.15, -0.1) is 0 Å². The van der Waals surface area contributed by atoms with E-state index in [2.05, 4.69) is 5.10 Å². The van der Waals surface area contributed by atoms with Crippen molar-refractivity contribution in [2.45, 2.75) is 13.3 Å². The lowest BCUT2D eigenvalue weighted by Gasteiger charge is -1.92. The number of hydrogen-bond donors (Lipinski definition) is 1. The largest absolute Gasteiger partial charge is 0.475 e. The minimum atomic E-state index is -1.40. The highest BCUT2D eigenvalue weighted by molar-refractivity contribution is 6.33. The fraction of sp³-hybridized carbons (Fsp3) is 0.375. The fourth-order valence-electron chi connectivity index (χ4n) is 1.07. The zero-order valence-electron chi connectivity index (χ0n) is 7.44. The van der Waals surface area contributed by atoms with Gasteiger partial charge in [0.25, 0.3) is 0 Å². The predicted molar refractivity (Wildman–Crippen MR) is 44.3 cm³/mol. The number of carbonyl (C=O) groups is 2. The van der Waals surface area contributed by atoms with Gasteiger partial charge in [0.1, 0.15) is 0 Å². The molecule has 0 atom stereocenters. The van der Waals surface area contributed by atoms with Gasteiger partial charge in [-0.25, -0.2) is 4.79 Å². The zero-order valence-corrected chi connectivity index (χ0v) is 7.44. The normalized spacial score (nSPS) is 10.0. The Morgan fingerprint density at radius 3 is 2.62 bits per heavy atom. The summed E-state index contributed by atoms with van der Waals surface area (Å²) < 4.78 is 1.56. The summed E-state index contributed by atoms with van der Waals surface area (Å²) in [6.45, 7) is 1.74. The molecule has 0 aliphatic rings. The van der Waals surface area contributed by atoms with Gasteiger partial charge in [-0.05, 0) is 6.92 Å². The van der Waals surface area contributed by atoms with Gasteiger partial charge in [-0.3, -0.25) is 9.48 Å². The van der Waals surface area contributed by atoms with Crippen LogP contribution in [0.4, 0.5) is 0 Å². The molecule has 0 saturated carbocycles. The van der Waals surface area contributed by atoms with E-state index in [1.54, 1.807) is 24.9 Å². The Kier molecular flexibility index (Phi) is 2.46. The first-order valence-electron chi connectivity index (χ1n) is 3.76. The van der Waals surface area contributed by atoms with Crippen molar-refractivity contribution in [3.8, 4) is 0 Å². The number of carboxylic acids is 1. The highest BCUT2D eigenvalue weighted by Gasteiger charge is 2.14. The molecule has 0 unspecified atom stereocenters. The molecule has 5 nitrogen and oxygen atoms in total. The SMILES string of the molecule is Cc1nn(C)cc1CC(=O)C(=O)O. The van der Waals surface area contributed by atoms with E-state index >= 15 is 0 Å². The Labute approximate surface area is 75.0 Å². The molecule has 5 heteroatoms. The van der Waals surface area contributed by atoms with Gasteiger partial charge >= 0.3 is 5.97 Å². The average molecular weight is 182 g/mol. The third-order valence-electron chi connectivity index (χ3n) is 1.70. The van der Waals surface area contributed by atoms with E-state index in [1.807, 2.05) is 0 Å². The molecule has 0 fully saturated rings. The van der Waals surface area contributed by atoms with E-state index in [-0.39, 0.29) is 6.42 Å². The Hall–Kier alpha value is -1.65. The van der Waals surface area contributed by atoms with Crippen LogP contribution in [-0.2, 0) is 23.1 Å². The first kappa shape index (κ1) is 9.44. The molecule has 70 valence electrons. The number of hydrogen-bond acceptors (Lipinski definition) is 3. The van der Waals surface area contributed by atoms with Crippen molar-refractivity contribution in [1.29, 1.82) is 0 Å². The third-order valence-corrected chi connectivity index (χ3v) is 1.70. The molecule has 0 bridgehead atoms. The fourth-order valence-corrected chi connectivity index (χ4v) is 1.07. The average Bonchev–Trinajstić information content (AvgIpc) is 2.30. The molecule has 13 heavy (non-hydrogen) atoms. The van der Waals surface area contributed by atoms with Crippen LogP contribution in [0.25, 0.3) is 0 Å². The van der Waals surface area contributed by atoms with Crippen molar-refractivity contribution >= 4 is 11.8 Å². The van der Waals surface area contributed by atoms with Crippen molar-refractivity contribution in [2.24, 2.45) is 7.05 Å². The summed E-state index contributed by atoms with van der Waals surface area (Å²) in [4.78, 5) is 21.1. The molecule has 0 saturated heterocycles. The van der Waals surface area contributed by atoms with Gasteiger partial charge in [-0.1, -0.05) is 0 Å². The van der Waals surface area contributed by atoms with Crippen LogP contribution in [0, 0.1) is 6.92 Å². The molecule has 0 aliphatic heterocycles. The molecule has 0 aromatic carbocycles. The van der Waals surface area contributed by atoms with Crippen molar-refractivity contribution in [3.63, 3.8) is 0 Å². The van der Waals surface area contributed by atoms with Crippen LogP contribution in [0.15, 0.2) is 6.20 Å². The van der Waals surface area contributed by atoms with E-state index in [0.29, 0.717) is 11.3 Å². The van der Waals surface area contributed by atoms with E-state index in [9.17, 15) is 9.59 Å². The van der Waals surface area contributed by atoms with Crippen LogP contribution in [-0.4, -0.2) is 26.6 Å². The summed E-state index contributed by atoms with van der Waals surface area (Å²) in [6.07, 6.45) is 1.56. The second kappa shape index (κ2) is 3.38. The number of Topliss-reactive ketones (excluding diaryl/α,β-unsaturated/α-hetero) is 1. The summed E-state index contributed by atoms with van der Waals surface area (Å²) in [5.41, 5.74) is 1.35. The van der Waals surface area contributed by atoms with E-state index in [0.717, 1.165) is 0 Å². The minimum absolute atomic E-state index is 0.0883. The number of carbonyl (C=O) groups excluding carboxylic acids is 1. The van der Waals surface area contributed by atoms with Gasteiger partial charge < -0.3 is 5.11 Å². The number of aliphatic carboxylic acids is 1. The standard InChI is InChI=1S/C8H10N2O3/c1-5-6(4-10(2)9-5)3-7(11)8(12)13/h4H,3H2,1-2H3,(H,12,13). The second-order valence-electron chi connectivity index (χ2n) is 2.82. The quantitative estimate of drug-likeness (QED) is 0.664. The number of rotatable bonds is 3. The first-order valence-corrected chi connectivity index (χ1v) is 3.76. The Bertz CT molecular complexity index is 354. The smallest absolute Gasteiger partial charge is 0.372 e. The number of aromatic nitrogens is 2. The molecule has 0 aliphatic carbocycles. The molecule has 1 rings (SSSR count). The Balaban J connectivity index is 2.80. The minimum Gasteiger partial charge on any atom is -0.475 e. The Morgan fingerprint density at radius 1 is 1.62 bits per heavy atom. The number of nitrogens with zero attached hydrogens (tertiary/aromatic N) is 2. The van der Waals surface area contributed by atoms with Gasteiger partial charge in [-0.2, -0.15) is 5.10 Å². The van der Waals surface area contributed by atoms with Gasteiger partial charge in [0, 0.05) is 25.2 Å². The second-order valence-corrected chi connectivity index (χ2v) is 2.82. The maximum atomic E-state index is 10.8. The zero-order chi connectivity index (χ0) is 10.0. The summed E-state index contributed by atoms with van der Waals surface area (Å²) in [7, 11) is 1.72. The maximum absolute atomic E-state index is 10.8. The van der Waals surface area contributed by atoms with Crippen molar-refractivity contribution in [3.05, 3.63) is 17.5 Å². The van der Waals surface area contributed by atoms with Gasteiger partial charge in [0.15, 0.2) is 0 Å². The summed E-state index contributed by atoms with van der Waals surface area (Å²) in [5, 5.41) is 12.4. The van der Waals surface area contributed by atoms with E-state index in [1.165, 1.54) is 0 Å². The predicted octanol–water partition coefficient (Wildman–Crippen LogP) is -0.0753. The number of aryl methyl sites for hydroxylation is 2. The molecule has 1 aromatic rings. The van der Waals surface area contributed by atoms with E-state index < -0.39 is 11.8 Å². The molecule has 1 heterocycles. The maximum Gasteiger partial charge on any atom is 0.372 e. The number of carboxylic acid groups (broad SMARTS) is 1. The lowest BCUT2D eigenvalue weighted by Crippen LogP contribution is -2.15. The van der Waals surface area contributed by atoms with Crippen LogP contribution < -0.4 is 0 Å². The summed E-state index contributed by atoms with van der Waals surface area (Å²) in [6, 6.07) is 0. The Morgan fingerprint density at radius 2 is 2.23 bits per heavy atom.